The molecule has 0 bridgehead atoms. The number of benzene rings is 2. The van der Waals surface area contributed by atoms with Crippen molar-refractivity contribution in [2.24, 2.45) is 0 Å². The molecule has 0 fully saturated rings. The van der Waals surface area contributed by atoms with Crippen LogP contribution in [-0.2, 0) is 12.8 Å². The first-order valence-corrected chi connectivity index (χ1v) is 8.29. The van der Waals surface area contributed by atoms with Crippen LogP contribution in [-0.4, -0.2) is 0 Å². The highest BCUT2D eigenvalue weighted by atomic mass is 127. The quantitative estimate of drug-likeness (QED) is 0.442. The first kappa shape index (κ1) is 15.8. The molecule has 1 atom stereocenters. The molecular weight excluding hydrogens is 386 g/mol. The zero-order valence-electron chi connectivity index (χ0n) is 11.6. The van der Waals surface area contributed by atoms with Crippen molar-refractivity contribution in [2.45, 2.75) is 32.1 Å². The van der Waals surface area contributed by atoms with Crippen LogP contribution in [0.2, 0.25) is 0 Å². The van der Waals surface area contributed by atoms with Crippen LogP contribution in [0.15, 0.2) is 36.4 Å². The summed E-state index contributed by atoms with van der Waals surface area (Å²) >= 11 is 8.82. The fourth-order valence-corrected chi connectivity index (χ4v) is 3.66. The third-order valence-corrected chi connectivity index (χ3v) is 4.91. The molecule has 2 rings (SSSR count). The summed E-state index contributed by atoms with van der Waals surface area (Å²) in [5.41, 5.74) is 4.64. The third-order valence-electron chi connectivity index (χ3n) is 3.51. The molecular formula is C17H17ClFI. The third kappa shape index (κ3) is 3.34. The Hall–Kier alpha value is -0.610. The van der Waals surface area contributed by atoms with E-state index in [1.807, 2.05) is 0 Å². The maximum atomic E-state index is 13.2. The maximum absolute atomic E-state index is 13.2. The summed E-state index contributed by atoms with van der Waals surface area (Å²) in [6, 6.07) is 11.3. The standard InChI is InChI=1S/C17H17ClFI/c1-3-11-5-6-12(4-2)15(9-11)17(18)14-8-7-13(19)10-16(14)20/h5-10,17H,3-4H2,1-2H3. The Morgan fingerprint density at radius 3 is 2.40 bits per heavy atom. The van der Waals surface area contributed by atoms with Crippen molar-refractivity contribution in [1.82, 2.24) is 0 Å². The highest BCUT2D eigenvalue weighted by Gasteiger charge is 2.17. The first-order chi connectivity index (χ1) is 9.56. The SMILES string of the molecule is CCc1ccc(CC)c(C(Cl)c2ccc(F)cc2I)c1. The van der Waals surface area contributed by atoms with Crippen molar-refractivity contribution < 1.29 is 4.39 Å². The van der Waals surface area contributed by atoms with E-state index in [0.717, 1.165) is 27.5 Å². The molecule has 0 N–H and O–H groups in total. The second-order valence-electron chi connectivity index (χ2n) is 4.77. The molecule has 0 saturated carbocycles. The Morgan fingerprint density at radius 2 is 1.80 bits per heavy atom. The molecule has 2 aromatic carbocycles. The smallest absolute Gasteiger partial charge is 0.124 e. The first-order valence-electron chi connectivity index (χ1n) is 6.77. The van der Waals surface area contributed by atoms with Crippen molar-refractivity contribution in [3.8, 4) is 0 Å². The van der Waals surface area contributed by atoms with Crippen LogP contribution in [0.3, 0.4) is 0 Å². The number of hydrogen-bond acceptors (Lipinski definition) is 0. The van der Waals surface area contributed by atoms with Gasteiger partial charge in [0.05, 0.1) is 5.38 Å². The van der Waals surface area contributed by atoms with E-state index in [9.17, 15) is 4.39 Å². The molecule has 0 saturated heterocycles. The van der Waals surface area contributed by atoms with Gasteiger partial charge >= 0.3 is 0 Å². The van der Waals surface area contributed by atoms with Gasteiger partial charge in [-0.2, -0.15) is 0 Å². The van der Waals surface area contributed by atoms with E-state index >= 15 is 0 Å². The number of rotatable bonds is 4. The van der Waals surface area contributed by atoms with E-state index in [-0.39, 0.29) is 11.2 Å². The fourth-order valence-electron chi connectivity index (χ4n) is 2.30. The van der Waals surface area contributed by atoms with Gasteiger partial charge in [-0.3, -0.25) is 0 Å². The molecule has 0 spiro atoms. The topological polar surface area (TPSA) is 0 Å². The number of halogens is 3. The summed E-state index contributed by atoms with van der Waals surface area (Å²) in [6.07, 6.45) is 1.93. The van der Waals surface area contributed by atoms with Gasteiger partial charge in [0.25, 0.3) is 0 Å². The van der Waals surface area contributed by atoms with Crippen molar-refractivity contribution in [2.75, 3.05) is 0 Å². The molecule has 20 heavy (non-hydrogen) atoms. The molecule has 0 aromatic heterocycles. The minimum absolute atomic E-state index is 0.222. The van der Waals surface area contributed by atoms with Crippen LogP contribution in [0.25, 0.3) is 0 Å². The predicted octanol–water partition coefficient (Wildman–Crippen LogP) is 5.88. The molecule has 0 amide bonds. The summed E-state index contributed by atoms with van der Waals surface area (Å²) in [4.78, 5) is 0. The van der Waals surface area contributed by atoms with Gasteiger partial charge in [0.2, 0.25) is 0 Å². The normalized spacial score (nSPS) is 12.4. The lowest BCUT2D eigenvalue weighted by Crippen LogP contribution is -2.02. The predicted molar refractivity (Wildman–Crippen MR) is 92.0 cm³/mol. The molecule has 0 aliphatic rings. The van der Waals surface area contributed by atoms with Crippen LogP contribution in [0.4, 0.5) is 4.39 Å². The second kappa shape index (κ2) is 6.90. The van der Waals surface area contributed by atoms with Gasteiger partial charge in [0.1, 0.15) is 5.82 Å². The molecule has 0 radical (unpaired) electrons. The summed E-state index contributed by atoms with van der Waals surface area (Å²) in [6.45, 7) is 4.26. The van der Waals surface area contributed by atoms with Gasteiger partial charge in [-0.25, -0.2) is 4.39 Å². The molecule has 0 heterocycles. The van der Waals surface area contributed by atoms with Gasteiger partial charge in [-0.05, 0) is 69.8 Å². The Kier molecular flexibility index (Phi) is 5.44. The van der Waals surface area contributed by atoms with E-state index in [2.05, 4.69) is 54.6 Å². The number of alkyl halides is 1. The Morgan fingerprint density at radius 1 is 1.05 bits per heavy atom. The average Bonchev–Trinajstić information content (AvgIpc) is 2.46. The molecule has 0 aliphatic carbocycles. The van der Waals surface area contributed by atoms with E-state index in [4.69, 9.17) is 11.6 Å². The highest BCUT2D eigenvalue weighted by molar-refractivity contribution is 14.1. The number of aryl methyl sites for hydroxylation is 2. The Bertz CT molecular complexity index is 610. The zero-order valence-corrected chi connectivity index (χ0v) is 14.5. The van der Waals surface area contributed by atoms with E-state index in [1.54, 1.807) is 6.07 Å². The van der Waals surface area contributed by atoms with Gasteiger partial charge in [0, 0.05) is 3.57 Å². The molecule has 106 valence electrons. The molecule has 0 nitrogen and oxygen atoms in total. The van der Waals surface area contributed by atoms with Crippen molar-refractivity contribution in [1.29, 1.82) is 0 Å². The summed E-state index contributed by atoms with van der Waals surface area (Å²) < 4.78 is 14.1. The van der Waals surface area contributed by atoms with Crippen molar-refractivity contribution in [3.05, 3.63) is 68.0 Å². The van der Waals surface area contributed by atoms with Crippen LogP contribution >= 0.6 is 34.2 Å². The highest BCUT2D eigenvalue weighted by Crippen LogP contribution is 2.35. The van der Waals surface area contributed by atoms with Gasteiger partial charge < -0.3 is 0 Å². The molecule has 2 aromatic rings. The van der Waals surface area contributed by atoms with Crippen molar-refractivity contribution >= 4 is 34.2 Å². The molecule has 3 heteroatoms. The lowest BCUT2D eigenvalue weighted by atomic mass is 9.95. The van der Waals surface area contributed by atoms with Gasteiger partial charge in [-0.15, -0.1) is 11.6 Å². The lowest BCUT2D eigenvalue weighted by molar-refractivity contribution is 0.626. The van der Waals surface area contributed by atoms with Crippen LogP contribution in [0, 0.1) is 9.39 Å². The minimum atomic E-state index is -0.232. The fraction of sp³-hybridized carbons (Fsp3) is 0.294. The summed E-state index contributed by atoms with van der Waals surface area (Å²) in [5.74, 6) is -0.222. The van der Waals surface area contributed by atoms with Crippen LogP contribution in [0.1, 0.15) is 41.5 Å². The van der Waals surface area contributed by atoms with E-state index < -0.39 is 0 Å². The lowest BCUT2D eigenvalue weighted by Gasteiger charge is -2.17. The van der Waals surface area contributed by atoms with E-state index in [0.29, 0.717) is 0 Å². The Labute approximate surface area is 138 Å². The second-order valence-corrected chi connectivity index (χ2v) is 6.37. The summed E-state index contributed by atoms with van der Waals surface area (Å²) in [5, 5.41) is -0.232. The molecule has 0 aliphatic heterocycles. The van der Waals surface area contributed by atoms with Crippen molar-refractivity contribution in [3.63, 3.8) is 0 Å². The molecule has 1 unspecified atom stereocenters. The monoisotopic (exact) mass is 402 g/mol. The van der Waals surface area contributed by atoms with Crippen LogP contribution < -0.4 is 0 Å². The summed E-state index contributed by atoms with van der Waals surface area (Å²) in [7, 11) is 0. The van der Waals surface area contributed by atoms with E-state index in [1.165, 1.54) is 23.3 Å². The minimum Gasteiger partial charge on any atom is -0.207 e. The zero-order chi connectivity index (χ0) is 14.7. The number of hydrogen-bond donors (Lipinski definition) is 0. The largest absolute Gasteiger partial charge is 0.207 e. The maximum Gasteiger partial charge on any atom is 0.124 e. The van der Waals surface area contributed by atoms with Gasteiger partial charge in [-0.1, -0.05) is 38.1 Å². The van der Waals surface area contributed by atoms with Gasteiger partial charge in [0.15, 0.2) is 0 Å². The Balaban J connectivity index is 2.48. The van der Waals surface area contributed by atoms with Crippen LogP contribution in [0.5, 0.6) is 0 Å². The average molecular weight is 403 g/mol.